The Labute approximate surface area is 80.4 Å². The first-order valence-electron chi connectivity index (χ1n) is 3.89. The van der Waals surface area contributed by atoms with Crippen molar-refractivity contribution in [1.29, 1.82) is 0 Å². The molecule has 0 aliphatic heterocycles. The number of carbonyl (C=O) groups excluding carboxylic acids is 2. The average molecular weight is 204 g/mol. The summed E-state index contributed by atoms with van der Waals surface area (Å²) in [5, 5.41) is 25.2. The summed E-state index contributed by atoms with van der Waals surface area (Å²) >= 11 is 0. The summed E-state index contributed by atoms with van der Waals surface area (Å²) in [6, 6.07) is 0. The van der Waals surface area contributed by atoms with E-state index in [-0.39, 0.29) is 0 Å². The lowest BCUT2D eigenvalue weighted by atomic mass is 10.3. The average Bonchev–Trinajstić information content (AvgIpc) is 2.00. The molecule has 3 N–H and O–H groups in total. The molecule has 0 bridgehead atoms. The SMILES string of the molecule is CC=CC(=O)OC(=O)CCC(O)(O)O. The molecule has 0 radical (unpaired) electrons. The number of esters is 2. The van der Waals surface area contributed by atoms with E-state index in [0.29, 0.717) is 0 Å². The summed E-state index contributed by atoms with van der Waals surface area (Å²) in [7, 11) is 0. The van der Waals surface area contributed by atoms with Gasteiger partial charge in [0, 0.05) is 12.5 Å². The summed E-state index contributed by atoms with van der Waals surface area (Å²) < 4.78 is 4.19. The molecule has 0 aromatic rings. The number of aliphatic hydroxyl groups is 3. The minimum atomic E-state index is -2.91. The first-order chi connectivity index (χ1) is 6.35. The maximum absolute atomic E-state index is 10.8. The Morgan fingerprint density at radius 1 is 1.36 bits per heavy atom. The van der Waals surface area contributed by atoms with E-state index in [4.69, 9.17) is 15.3 Å². The van der Waals surface area contributed by atoms with Gasteiger partial charge in [0.1, 0.15) is 0 Å². The highest BCUT2D eigenvalue weighted by Crippen LogP contribution is 2.05. The standard InChI is InChI=1S/C8H12O6/c1-2-3-6(9)14-7(10)4-5-8(11,12)13/h2-3,11-13H,4-5H2,1H3. The number of allylic oxidation sites excluding steroid dienone is 1. The molecule has 0 fully saturated rings. The predicted molar refractivity (Wildman–Crippen MR) is 44.5 cm³/mol. The minimum absolute atomic E-state index is 0.465. The fourth-order valence-corrected chi connectivity index (χ4v) is 0.603. The third-order valence-electron chi connectivity index (χ3n) is 1.18. The summed E-state index contributed by atoms with van der Waals surface area (Å²) in [5.74, 6) is -4.69. The van der Waals surface area contributed by atoms with Gasteiger partial charge in [-0.15, -0.1) is 0 Å². The number of rotatable bonds is 4. The van der Waals surface area contributed by atoms with Crippen LogP contribution >= 0.6 is 0 Å². The van der Waals surface area contributed by atoms with Crippen LogP contribution in [0.4, 0.5) is 0 Å². The van der Waals surface area contributed by atoms with E-state index in [9.17, 15) is 9.59 Å². The maximum Gasteiger partial charge on any atom is 0.338 e. The lowest BCUT2D eigenvalue weighted by molar-refractivity contribution is -0.314. The largest absolute Gasteiger partial charge is 0.390 e. The number of hydrogen-bond donors (Lipinski definition) is 3. The molecule has 0 amide bonds. The molecule has 0 aromatic heterocycles. The van der Waals surface area contributed by atoms with E-state index in [0.717, 1.165) is 6.08 Å². The van der Waals surface area contributed by atoms with E-state index in [1.807, 2.05) is 0 Å². The van der Waals surface area contributed by atoms with E-state index in [2.05, 4.69) is 4.74 Å². The Hall–Kier alpha value is -1.24. The van der Waals surface area contributed by atoms with Gasteiger partial charge in [-0.3, -0.25) is 4.79 Å². The number of ether oxygens (including phenoxy) is 1. The van der Waals surface area contributed by atoms with E-state index >= 15 is 0 Å². The van der Waals surface area contributed by atoms with Gasteiger partial charge in [0.2, 0.25) is 0 Å². The highest BCUT2D eigenvalue weighted by molar-refractivity contribution is 5.91. The number of hydrogen-bond acceptors (Lipinski definition) is 6. The monoisotopic (exact) mass is 204 g/mol. The van der Waals surface area contributed by atoms with Crippen molar-refractivity contribution in [2.75, 3.05) is 0 Å². The molecule has 0 aromatic carbocycles. The van der Waals surface area contributed by atoms with Crippen LogP contribution in [0, 0.1) is 0 Å². The Morgan fingerprint density at radius 2 is 1.93 bits per heavy atom. The van der Waals surface area contributed by atoms with Crippen molar-refractivity contribution in [1.82, 2.24) is 0 Å². The lowest BCUT2D eigenvalue weighted by Crippen LogP contribution is -2.28. The molecular weight excluding hydrogens is 192 g/mol. The summed E-state index contributed by atoms with van der Waals surface area (Å²) in [6.45, 7) is 1.58. The van der Waals surface area contributed by atoms with Gasteiger partial charge < -0.3 is 20.1 Å². The fourth-order valence-electron chi connectivity index (χ4n) is 0.603. The van der Waals surface area contributed by atoms with Crippen LogP contribution in [0.3, 0.4) is 0 Å². The van der Waals surface area contributed by atoms with Gasteiger partial charge in [-0.05, 0) is 6.92 Å². The third-order valence-corrected chi connectivity index (χ3v) is 1.18. The van der Waals surface area contributed by atoms with Crippen molar-refractivity contribution in [2.45, 2.75) is 25.7 Å². The molecule has 0 aliphatic rings. The molecule has 0 saturated carbocycles. The molecule has 0 saturated heterocycles. The molecule has 0 atom stereocenters. The second kappa shape index (κ2) is 5.48. The molecule has 0 aliphatic carbocycles. The Morgan fingerprint density at radius 3 is 2.36 bits per heavy atom. The van der Waals surface area contributed by atoms with Crippen LogP contribution in [0.5, 0.6) is 0 Å². The van der Waals surface area contributed by atoms with Gasteiger partial charge in [0.05, 0.1) is 6.42 Å². The van der Waals surface area contributed by atoms with Crippen molar-refractivity contribution < 1.29 is 29.6 Å². The van der Waals surface area contributed by atoms with Crippen molar-refractivity contribution >= 4 is 11.9 Å². The highest BCUT2D eigenvalue weighted by Gasteiger charge is 2.20. The molecule has 0 rings (SSSR count). The fraction of sp³-hybridized carbons (Fsp3) is 0.500. The van der Waals surface area contributed by atoms with Gasteiger partial charge in [-0.1, -0.05) is 6.08 Å². The van der Waals surface area contributed by atoms with Crippen molar-refractivity contribution in [2.24, 2.45) is 0 Å². The summed E-state index contributed by atoms with van der Waals surface area (Å²) in [6.07, 6.45) is 1.35. The first kappa shape index (κ1) is 12.8. The second-order valence-corrected chi connectivity index (χ2v) is 2.57. The van der Waals surface area contributed by atoms with Crippen LogP contribution in [0.2, 0.25) is 0 Å². The molecule has 6 nitrogen and oxygen atoms in total. The van der Waals surface area contributed by atoms with E-state index in [1.54, 1.807) is 6.92 Å². The molecule has 6 heteroatoms. The van der Waals surface area contributed by atoms with Crippen LogP contribution in [0.1, 0.15) is 19.8 Å². The summed E-state index contributed by atoms with van der Waals surface area (Å²) in [5.41, 5.74) is 0. The van der Waals surface area contributed by atoms with Gasteiger partial charge in [0.25, 0.3) is 5.97 Å². The van der Waals surface area contributed by atoms with Gasteiger partial charge in [-0.2, -0.15) is 0 Å². The van der Waals surface area contributed by atoms with Crippen molar-refractivity contribution in [3.8, 4) is 0 Å². The normalized spacial score (nSPS) is 11.7. The molecular formula is C8H12O6. The second-order valence-electron chi connectivity index (χ2n) is 2.57. The Balaban J connectivity index is 3.83. The third kappa shape index (κ3) is 7.41. The van der Waals surface area contributed by atoms with Gasteiger partial charge >= 0.3 is 11.9 Å². The summed E-state index contributed by atoms with van der Waals surface area (Å²) in [4.78, 5) is 21.4. The zero-order chi connectivity index (χ0) is 11.2. The van der Waals surface area contributed by atoms with Gasteiger partial charge in [-0.25, -0.2) is 4.79 Å². The van der Waals surface area contributed by atoms with E-state index < -0.39 is 30.8 Å². The predicted octanol–water partition coefficient (Wildman–Crippen LogP) is -0.957. The molecule has 0 spiro atoms. The van der Waals surface area contributed by atoms with Crippen LogP contribution in [-0.4, -0.2) is 33.2 Å². The Kier molecular flexibility index (Phi) is 5.00. The van der Waals surface area contributed by atoms with Crippen LogP contribution in [0.15, 0.2) is 12.2 Å². The zero-order valence-corrected chi connectivity index (χ0v) is 7.64. The Bertz CT molecular complexity index is 237. The first-order valence-corrected chi connectivity index (χ1v) is 3.89. The number of carbonyl (C=O) groups is 2. The minimum Gasteiger partial charge on any atom is -0.390 e. The quantitative estimate of drug-likeness (QED) is 0.236. The van der Waals surface area contributed by atoms with Crippen LogP contribution < -0.4 is 0 Å². The van der Waals surface area contributed by atoms with Crippen molar-refractivity contribution in [3.05, 3.63) is 12.2 Å². The smallest absolute Gasteiger partial charge is 0.338 e. The molecule has 14 heavy (non-hydrogen) atoms. The lowest BCUT2D eigenvalue weighted by Gasteiger charge is -2.11. The maximum atomic E-state index is 10.8. The van der Waals surface area contributed by atoms with E-state index in [1.165, 1.54) is 6.08 Å². The molecule has 0 heterocycles. The van der Waals surface area contributed by atoms with Gasteiger partial charge in [0.15, 0.2) is 0 Å². The van der Waals surface area contributed by atoms with Crippen LogP contribution in [-0.2, 0) is 14.3 Å². The van der Waals surface area contributed by atoms with Crippen LogP contribution in [0.25, 0.3) is 0 Å². The highest BCUT2D eigenvalue weighted by atomic mass is 16.7. The zero-order valence-electron chi connectivity index (χ0n) is 7.64. The molecule has 80 valence electrons. The van der Waals surface area contributed by atoms with Crippen molar-refractivity contribution in [3.63, 3.8) is 0 Å². The topological polar surface area (TPSA) is 104 Å². The molecule has 0 unspecified atom stereocenters.